The highest BCUT2D eigenvalue weighted by Gasteiger charge is 2.08. The summed E-state index contributed by atoms with van der Waals surface area (Å²) in [5.41, 5.74) is 7.82. The molecule has 18 heavy (non-hydrogen) atoms. The molecule has 0 radical (unpaired) electrons. The van der Waals surface area contributed by atoms with Gasteiger partial charge in [0.15, 0.2) is 0 Å². The third-order valence-corrected chi connectivity index (χ3v) is 3.10. The summed E-state index contributed by atoms with van der Waals surface area (Å²) in [6.07, 6.45) is 3.17. The molecule has 0 bridgehead atoms. The summed E-state index contributed by atoms with van der Waals surface area (Å²) in [7, 11) is 0. The molecular weight excluding hydrogens is 248 g/mol. The number of carbonyl (C=O) groups excluding carboxylic acids is 1. The third kappa shape index (κ3) is 4.49. The first kappa shape index (κ1) is 14.7. The molecule has 0 amide bonds. The largest absolute Gasteiger partial charge is 0.462 e. The van der Waals surface area contributed by atoms with Gasteiger partial charge in [0.05, 0.1) is 23.5 Å². The standard InChI is InChI=1S/C13H20N2O2S/c1-3-17-13(16)10-5-6-12(11(14)9-10)15-7-4-8-18-2/h5-6,9,15H,3-4,7-8,14H2,1-2H3. The van der Waals surface area contributed by atoms with Gasteiger partial charge in [-0.2, -0.15) is 11.8 Å². The first-order valence-corrected chi connectivity index (χ1v) is 7.38. The smallest absolute Gasteiger partial charge is 0.338 e. The van der Waals surface area contributed by atoms with E-state index in [9.17, 15) is 4.79 Å². The van der Waals surface area contributed by atoms with E-state index in [1.54, 1.807) is 19.1 Å². The molecule has 0 unspecified atom stereocenters. The molecule has 5 heteroatoms. The maximum atomic E-state index is 11.5. The van der Waals surface area contributed by atoms with Crippen LogP contribution in [0.5, 0.6) is 0 Å². The fourth-order valence-corrected chi connectivity index (χ4v) is 1.94. The highest BCUT2D eigenvalue weighted by Crippen LogP contribution is 2.20. The van der Waals surface area contributed by atoms with Crippen molar-refractivity contribution in [3.8, 4) is 0 Å². The molecule has 0 aliphatic rings. The van der Waals surface area contributed by atoms with E-state index >= 15 is 0 Å². The quantitative estimate of drug-likeness (QED) is 0.452. The summed E-state index contributed by atoms with van der Waals surface area (Å²) in [5.74, 6) is 0.784. The lowest BCUT2D eigenvalue weighted by molar-refractivity contribution is 0.0526. The number of hydrogen-bond acceptors (Lipinski definition) is 5. The second-order valence-electron chi connectivity index (χ2n) is 3.80. The van der Waals surface area contributed by atoms with E-state index in [1.165, 1.54) is 0 Å². The van der Waals surface area contributed by atoms with Gasteiger partial charge in [-0.05, 0) is 43.6 Å². The molecule has 3 N–H and O–H groups in total. The number of nitrogens with two attached hydrogens (primary N) is 1. The molecule has 100 valence electrons. The Balaban J connectivity index is 2.59. The molecule has 1 aromatic carbocycles. The van der Waals surface area contributed by atoms with E-state index < -0.39 is 0 Å². The zero-order valence-electron chi connectivity index (χ0n) is 10.9. The van der Waals surface area contributed by atoms with Gasteiger partial charge in [-0.15, -0.1) is 0 Å². The van der Waals surface area contributed by atoms with E-state index in [2.05, 4.69) is 11.6 Å². The van der Waals surface area contributed by atoms with Crippen LogP contribution in [0.1, 0.15) is 23.7 Å². The van der Waals surface area contributed by atoms with E-state index in [-0.39, 0.29) is 5.97 Å². The second-order valence-corrected chi connectivity index (χ2v) is 4.78. The molecule has 0 saturated heterocycles. The van der Waals surface area contributed by atoms with Crippen molar-refractivity contribution in [2.24, 2.45) is 0 Å². The topological polar surface area (TPSA) is 64.3 Å². The maximum Gasteiger partial charge on any atom is 0.338 e. The predicted molar refractivity (Wildman–Crippen MR) is 78.3 cm³/mol. The van der Waals surface area contributed by atoms with Crippen molar-refractivity contribution < 1.29 is 9.53 Å². The molecule has 1 rings (SSSR count). The monoisotopic (exact) mass is 268 g/mol. The van der Waals surface area contributed by atoms with Crippen LogP contribution in [-0.4, -0.2) is 31.1 Å². The van der Waals surface area contributed by atoms with Gasteiger partial charge in [-0.25, -0.2) is 4.79 Å². The van der Waals surface area contributed by atoms with Crippen molar-refractivity contribution in [2.45, 2.75) is 13.3 Å². The predicted octanol–water partition coefficient (Wildman–Crippen LogP) is 2.61. The minimum Gasteiger partial charge on any atom is -0.462 e. The van der Waals surface area contributed by atoms with Gasteiger partial charge < -0.3 is 15.8 Å². The minimum absolute atomic E-state index is 0.335. The molecule has 0 heterocycles. The van der Waals surface area contributed by atoms with Gasteiger partial charge in [-0.1, -0.05) is 0 Å². The fourth-order valence-electron chi connectivity index (χ4n) is 1.50. The Hall–Kier alpha value is -1.36. The number of thioether (sulfide) groups is 1. The number of nitrogen functional groups attached to an aromatic ring is 1. The van der Waals surface area contributed by atoms with Crippen LogP contribution in [0.3, 0.4) is 0 Å². The van der Waals surface area contributed by atoms with E-state index in [4.69, 9.17) is 10.5 Å². The van der Waals surface area contributed by atoms with Gasteiger partial charge in [0.25, 0.3) is 0 Å². The Kier molecular flexibility index (Phi) is 6.43. The number of hydrogen-bond donors (Lipinski definition) is 2. The Morgan fingerprint density at radius 1 is 1.50 bits per heavy atom. The van der Waals surface area contributed by atoms with Gasteiger partial charge in [-0.3, -0.25) is 0 Å². The highest BCUT2D eigenvalue weighted by atomic mass is 32.2. The Bertz CT molecular complexity index is 397. The molecule has 1 aromatic rings. The van der Waals surface area contributed by atoms with Crippen LogP contribution >= 0.6 is 11.8 Å². The molecule has 0 fully saturated rings. The number of anilines is 2. The molecule has 0 atom stereocenters. The minimum atomic E-state index is -0.335. The lowest BCUT2D eigenvalue weighted by Gasteiger charge is -2.10. The van der Waals surface area contributed by atoms with Crippen LogP contribution in [0, 0.1) is 0 Å². The number of benzene rings is 1. The summed E-state index contributed by atoms with van der Waals surface area (Å²) >= 11 is 1.82. The van der Waals surface area contributed by atoms with E-state index in [1.807, 2.05) is 17.8 Å². The Morgan fingerprint density at radius 3 is 2.89 bits per heavy atom. The number of ether oxygens (including phenoxy) is 1. The van der Waals surface area contributed by atoms with Crippen LogP contribution in [0.4, 0.5) is 11.4 Å². The summed E-state index contributed by atoms with van der Waals surface area (Å²) in [6, 6.07) is 5.20. The summed E-state index contributed by atoms with van der Waals surface area (Å²) in [6.45, 7) is 3.03. The second kappa shape index (κ2) is 7.87. The fraction of sp³-hybridized carbons (Fsp3) is 0.462. The maximum absolute atomic E-state index is 11.5. The summed E-state index contributed by atoms with van der Waals surface area (Å²) < 4.78 is 4.92. The first-order chi connectivity index (χ1) is 8.69. The Morgan fingerprint density at radius 2 is 2.28 bits per heavy atom. The average molecular weight is 268 g/mol. The normalized spacial score (nSPS) is 10.1. The van der Waals surface area contributed by atoms with E-state index in [0.29, 0.717) is 17.9 Å². The van der Waals surface area contributed by atoms with Crippen LogP contribution < -0.4 is 11.1 Å². The molecule has 4 nitrogen and oxygen atoms in total. The van der Waals surface area contributed by atoms with Crippen molar-refractivity contribution in [1.29, 1.82) is 0 Å². The molecule has 0 aliphatic carbocycles. The highest BCUT2D eigenvalue weighted by molar-refractivity contribution is 7.98. The number of nitrogens with one attached hydrogen (secondary N) is 1. The van der Waals surface area contributed by atoms with Gasteiger partial charge in [0, 0.05) is 6.54 Å². The van der Waals surface area contributed by atoms with Crippen molar-refractivity contribution in [2.75, 3.05) is 36.2 Å². The first-order valence-electron chi connectivity index (χ1n) is 5.98. The van der Waals surface area contributed by atoms with Crippen molar-refractivity contribution in [1.82, 2.24) is 0 Å². The number of rotatable bonds is 7. The van der Waals surface area contributed by atoms with Crippen LogP contribution in [0.25, 0.3) is 0 Å². The number of carbonyl (C=O) groups is 1. The lowest BCUT2D eigenvalue weighted by atomic mass is 10.1. The van der Waals surface area contributed by atoms with Crippen molar-refractivity contribution >= 4 is 29.1 Å². The lowest BCUT2D eigenvalue weighted by Crippen LogP contribution is -2.08. The molecule has 0 aliphatic heterocycles. The zero-order chi connectivity index (χ0) is 13.4. The van der Waals surface area contributed by atoms with Crippen LogP contribution in [0.2, 0.25) is 0 Å². The summed E-state index contributed by atoms with van der Waals surface area (Å²) in [4.78, 5) is 11.5. The van der Waals surface area contributed by atoms with Gasteiger partial charge >= 0.3 is 5.97 Å². The zero-order valence-corrected chi connectivity index (χ0v) is 11.7. The molecule has 0 saturated carbocycles. The van der Waals surface area contributed by atoms with Crippen molar-refractivity contribution in [3.05, 3.63) is 23.8 Å². The van der Waals surface area contributed by atoms with Crippen LogP contribution in [-0.2, 0) is 4.74 Å². The molecule has 0 spiro atoms. The SMILES string of the molecule is CCOC(=O)c1ccc(NCCCSC)c(N)c1. The molecular formula is C13H20N2O2S. The van der Waals surface area contributed by atoms with E-state index in [0.717, 1.165) is 24.4 Å². The molecule has 0 aromatic heterocycles. The van der Waals surface area contributed by atoms with Crippen LogP contribution in [0.15, 0.2) is 18.2 Å². The summed E-state index contributed by atoms with van der Waals surface area (Å²) in [5, 5.41) is 3.26. The number of esters is 1. The van der Waals surface area contributed by atoms with Crippen molar-refractivity contribution in [3.63, 3.8) is 0 Å². The average Bonchev–Trinajstić information content (AvgIpc) is 2.36. The third-order valence-electron chi connectivity index (χ3n) is 2.40. The van der Waals surface area contributed by atoms with Gasteiger partial charge in [0.2, 0.25) is 0 Å². The Labute approximate surface area is 112 Å². The van der Waals surface area contributed by atoms with Gasteiger partial charge in [0.1, 0.15) is 0 Å².